The summed E-state index contributed by atoms with van der Waals surface area (Å²) in [5.41, 5.74) is 3.21. The normalized spacial score (nSPS) is 11.8. The van der Waals surface area contributed by atoms with Crippen molar-refractivity contribution < 1.29 is 19.0 Å². The van der Waals surface area contributed by atoms with Gasteiger partial charge in [0.2, 0.25) is 0 Å². The van der Waals surface area contributed by atoms with Crippen LogP contribution in [0.15, 0.2) is 142 Å². The molecule has 196 valence electrons. The minimum atomic E-state index is -0.663. The van der Waals surface area contributed by atoms with Crippen LogP contribution < -0.4 is 9.47 Å². The molecule has 0 spiro atoms. The number of hydrogen-bond donors (Lipinski definition) is 0. The van der Waals surface area contributed by atoms with E-state index in [1.54, 1.807) is 55.5 Å². The van der Waals surface area contributed by atoms with Crippen LogP contribution in [0.4, 0.5) is 22.7 Å². The number of nitrogens with zero attached hydrogens (tertiary/aromatic N) is 4. The van der Waals surface area contributed by atoms with Gasteiger partial charge in [0.05, 0.1) is 22.7 Å². The lowest BCUT2D eigenvalue weighted by molar-refractivity contribution is -0.147. The summed E-state index contributed by atoms with van der Waals surface area (Å²) in [6, 6.07) is 33.3. The second-order valence-corrected chi connectivity index (χ2v) is 8.49. The number of carbonyl (C=O) groups excluding carboxylic acids is 1. The molecule has 0 bridgehead atoms. The van der Waals surface area contributed by atoms with Gasteiger partial charge in [-0.1, -0.05) is 43.0 Å². The van der Waals surface area contributed by atoms with E-state index >= 15 is 0 Å². The second-order valence-electron chi connectivity index (χ2n) is 8.49. The zero-order valence-corrected chi connectivity index (χ0v) is 21.5. The zero-order chi connectivity index (χ0) is 27.3. The molecule has 0 aliphatic carbocycles. The fourth-order valence-electron chi connectivity index (χ4n) is 3.18. The molecule has 0 fully saturated rings. The monoisotopic (exact) mass is 520 g/mol. The Balaban J connectivity index is 1.32. The quantitative estimate of drug-likeness (QED) is 0.106. The zero-order valence-electron chi connectivity index (χ0n) is 21.5. The molecule has 0 heterocycles. The van der Waals surface area contributed by atoms with Gasteiger partial charge in [0, 0.05) is 5.57 Å². The van der Waals surface area contributed by atoms with Gasteiger partial charge in [0.1, 0.15) is 24.7 Å². The molecule has 0 atom stereocenters. The fraction of sp³-hybridized carbons (Fsp3) is 0.129. The van der Waals surface area contributed by atoms with Crippen molar-refractivity contribution in [3.05, 3.63) is 121 Å². The molecule has 0 unspecified atom stereocenters. The van der Waals surface area contributed by atoms with Crippen molar-refractivity contribution in [1.82, 2.24) is 0 Å². The Morgan fingerprint density at radius 2 is 0.974 bits per heavy atom. The first-order chi connectivity index (χ1) is 19.0. The predicted molar refractivity (Wildman–Crippen MR) is 150 cm³/mol. The van der Waals surface area contributed by atoms with E-state index in [4.69, 9.17) is 14.2 Å². The summed E-state index contributed by atoms with van der Waals surface area (Å²) in [5.74, 6) is 0.678. The Morgan fingerprint density at radius 3 is 1.33 bits per heavy atom. The van der Waals surface area contributed by atoms with Crippen molar-refractivity contribution in [2.75, 3.05) is 13.2 Å². The minimum absolute atomic E-state index is 0.0905. The van der Waals surface area contributed by atoms with Crippen LogP contribution in [-0.4, -0.2) is 25.3 Å². The number of esters is 1. The lowest BCUT2D eigenvalue weighted by atomic mass is 10.3. The van der Waals surface area contributed by atoms with Gasteiger partial charge in [-0.3, -0.25) is 0 Å². The average molecular weight is 521 g/mol. The maximum atomic E-state index is 12.2. The highest BCUT2D eigenvalue weighted by Gasteiger charge is 2.17. The molecule has 0 aromatic heterocycles. The molecule has 4 aromatic rings. The standard InChI is InChI=1S/C31H28N4O4/c1-23(2)31(36)39-30(21-37-28-17-13-26(14-18-28)34-32-24-9-5-3-6-10-24)22-38-29-19-15-27(16-20-29)35-33-25-11-7-4-8-12-25/h3-20,30H,1,21-22H2,2H3. The van der Waals surface area contributed by atoms with E-state index in [-0.39, 0.29) is 13.2 Å². The van der Waals surface area contributed by atoms with E-state index in [2.05, 4.69) is 27.0 Å². The molecule has 0 saturated carbocycles. The van der Waals surface area contributed by atoms with Gasteiger partial charge in [-0.15, -0.1) is 0 Å². The number of benzene rings is 4. The van der Waals surface area contributed by atoms with E-state index < -0.39 is 12.1 Å². The first-order valence-corrected chi connectivity index (χ1v) is 12.3. The summed E-state index contributed by atoms with van der Waals surface area (Å²) in [7, 11) is 0. The molecule has 4 rings (SSSR count). The molecule has 0 aliphatic rings. The van der Waals surface area contributed by atoms with Gasteiger partial charge in [-0.05, 0) is 79.7 Å². The number of ether oxygens (including phenoxy) is 3. The second kappa shape index (κ2) is 14.0. The molecule has 0 radical (unpaired) electrons. The van der Waals surface area contributed by atoms with E-state index in [1.807, 2.05) is 60.7 Å². The Labute approximate surface area is 227 Å². The first-order valence-electron chi connectivity index (χ1n) is 12.3. The van der Waals surface area contributed by atoms with Crippen LogP contribution in [0.2, 0.25) is 0 Å². The highest BCUT2D eigenvalue weighted by Crippen LogP contribution is 2.23. The summed E-state index contributed by atoms with van der Waals surface area (Å²) in [6.07, 6.45) is -0.663. The lowest BCUT2D eigenvalue weighted by Gasteiger charge is -2.19. The molecular formula is C31H28N4O4. The lowest BCUT2D eigenvalue weighted by Crippen LogP contribution is -2.31. The molecule has 8 heteroatoms. The van der Waals surface area contributed by atoms with Crippen molar-refractivity contribution in [2.24, 2.45) is 20.5 Å². The summed E-state index contributed by atoms with van der Waals surface area (Å²) in [5, 5.41) is 16.9. The van der Waals surface area contributed by atoms with E-state index in [0.29, 0.717) is 28.4 Å². The van der Waals surface area contributed by atoms with Gasteiger partial charge < -0.3 is 14.2 Å². The van der Waals surface area contributed by atoms with E-state index in [9.17, 15) is 4.79 Å². The minimum Gasteiger partial charge on any atom is -0.490 e. The molecule has 8 nitrogen and oxygen atoms in total. The van der Waals surface area contributed by atoms with Crippen LogP contribution in [0.3, 0.4) is 0 Å². The number of carbonyl (C=O) groups is 1. The van der Waals surface area contributed by atoms with Crippen molar-refractivity contribution in [3.63, 3.8) is 0 Å². The average Bonchev–Trinajstić information content (AvgIpc) is 2.98. The van der Waals surface area contributed by atoms with Gasteiger partial charge in [-0.25, -0.2) is 4.79 Å². The van der Waals surface area contributed by atoms with Crippen LogP contribution >= 0.6 is 0 Å². The fourth-order valence-corrected chi connectivity index (χ4v) is 3.18. The van der Waals surface area contributed by atoms with Gasteiger partial charge in [0.25, 0.3) is 0 Å². The predicted octanol–water partition coefficient (Wildman–Crippen LogP) is 8.46. The van der Waals surface area contributed by atoms with Crippen molar-refractivity contribution in [1.29, 1.82) is 0 Å². The van der Waals surface area contributed by atoms with Crippen LogP contribution in [0, 0.1) is 0 Å². The first kappa shape index (κ1) is 26.9. The van der Waals surface area contributed by atoms with E-state index in [1.165, 1.54) is 0 Å². The molecule has 39 heavy (non-hydrogen) atoms. The number of azo groups is 2. The van der Waals surface area contributed by atoms with Crippen LogP contribution in [0.25, 0.3) is 0 Å². The summed E-state index contributed by atoms with van der Waals surface area (Å²) in [4.78, 5) is 12.2. The number of hydrogen-bond acceptors (Lipinski definition) is 8. The maximum absolute atomic E-state index is 12.2. The molecule has 0 saturated heterocycles. The SMILES string of the molecule is C=C(C)C(=O)OC(COc1ccc(N=Nc2ccccc2)cc1)COc1ccc(N=Nc2ccccc2)cc1. The molecular weight excluding hydrogens is 492 g/mol. The Kier molecular flexibility index (Phi) is 9.67. The Morgan fingerprint density at radius 1 is 0.615 bits per heavy atom. The smallest absolute Gasteiger partial charge is 0.333 e. The van der Waals surface area contributed by atoms with Gasteiger partial charge in [-0.2, -0.15) is 20.5 Å². The summed E-state index contributed by atoms with van der Waals surface area (Å²) in [6.45, 7) is 5.42. The highest BCUT2D eigenvalue weighted by molar-refractivity contribution is 5.87. The van der Waals surface area contributed by atoms with Crippen molar-refractivity contribution in [2.45, 2.75) is 13.0 Å². The Hall–Kier alpha value is -5.11. The molecule has 4 aromatic carbocycles. The third-order valence-corrected chi connectivity index (χ3v) is 5.24. The maximum Gasteiger partial charge on any atom is 0.333 e. The summed E-state index contributed by atoms with van der Waals surface area (Å²) < 4.78 is 17.2. The molecule has 0 N–H and O–H groups in total. The van der Waals surface area contributed by atoms with Gasteiger partial charge >= 0.3 is 5.97 Å². The molecule has 0 aliphatic heterocycles. The Bertz CT molecular complexity index is 1310. The topological polar surface area (TPSA) is 94.2 Å². The van der Waals surface area contributed by atoms with E-state index in [0.717, 1.165) is 11.4 Å². The van der Waals surface area contributed by atoms with Crippen molar-refractivity contribution in [3.8, 4) is 11.5 Å². The number of rotatable bonds is 12. The van der Waals surface area contributed by atoms with Crippen LogP contribution in [0.5, 0.6) is 11.5 Å². The largest absolute Gasteiger partial charge is 0.490 e. The van der Waals surface area contributed by atoms with Gasteiger partial charge in [0.15, 0.2) is 6.10 Å². The third-order valence-electron chi connectivity index (χ3n) is 5.24. The van der Waals surface area contributed by atoms with Crippen molar-refractivity contribution >= 4 is 28.7 Å². The molecule has 0 amide bonds. The van der Waals surface area contributed by atoms with Crippen LogP contribution in [0.1, 0.15) is 6.92 Å². The highest BCUT2D eigenvalue weighted by atomic mass is 16.6. The summed E-state index contributed by atoms with van der Waals surface area (Å²) >= 11 is 0. The van der Waals surface area contributed by atoms with Crippen LogP contribution in [-0.2, 0) is 9.53 Å². The third kappa shape index (κ3) is 9.05.